The van der Waals surface area contributed by atoms with Gasteiger partial charge in [-0.2, -0.15) is 0 Å². The van der Waals surface area contributed by atoms with Crippen LogP contribution in [0.5, 0.6) is 0 Å². The number of likely N-dealkylation sites (N-methyl/N-ethyl adjacent to an activating group) is 1. The van der Waals surface area contributed by atoms with Crippen LogP contribution >= 0.6 is 0 Å². The van der Waals surface area contributed by atoms with Crippen molar-refractivity contribution >= 4 is 11.8 Å². The van der Waals surface area contributed by atoms with E-state index in [2.05, 4.69) is 0 Å². The fourth-order valence-corrected chi connectivity index (χ4v) is 6.84. The lowest BCUT2D eigenvalue weighted by Gasteiger charge is -2.43. The maximum Gasteiger partial charge on any atom is 0.330 e. The molecule has 0 saturated carbocycles. The maximum atomic E-state index is 13.2. The minimum atomic E-state index is -1.89. The maximum absolute atomic E-state index is 13.2. The first-order chi connectivity index (χ1) is 23.0. The second kappa shape index (κ2) is 18.5. The number of nitrogens with zero attached hydrogens (tertiary/aromatic N) is 1. The molecule has 3 rings (SSSR count). The summed E-state index contributed by atoms with van der Waals surface area (Å²) in [6.07, 6.45) is 0.995. The molecule has 13 heteroatoms. The molecule has 0 bridgehead atoms. The summed E-state index contributed by atoms with van der Waals surface area (Å²) in [4.78, 5) is 28.4. The van der Waals surface area contributed by atoms with Gasteiger partial charge in [0.2, 0.25) is 0 Å². The quantitative estimate of drug-likeness (QED) is 0.271. The molecule has 15 atom stereocenters. The molecule has 0 aromatic rings. The number of aliphatic hydroxyl groups is 4. The van der Waals surface area contributed by atoms with Gasteiger partial charge >= 0.3 is 5.97 Å². The van der Waals surface area contributed by atoms with Crippen molar-refractivity contribution in [3.05, 3.63) is 36.5 Å². The van der Waals surface area contributed by atoms with Gasteiger partial charge in [0.05, 0.1) is 24.9 Å². The van der Waals surface area contributed by atoms with Crippen molar-refractivity contribution in [1.29, 1.82) is 0 Å². The molecule has 3 aliphatic rings. The Morgan fingerprint density at radius 2 is 1.61 bits per heavy atom. The van der Waals surface area contributed by atoms with E-state index in [1.165, 1.54) is 37.5 Å². The van der Waals surface area contributed by atoms with Gasteiger partial charge < -0.3 is 53.7 Å². The number of cyclic esters (lactones) is 1. The lowest BCUT2D eigenvalue weighted by Crippen LogP contribution is -2.59. The average molecular weight is 698 g/mol. The molecule has 3 heterocycles. The van der Waals surface area contributed by atoms with Gasteiger partial charge in [-0.05, 0) is 65.3 Å². The van der Waals surface area contributed by atoms with Crippen LogP contribution < -0.4 is 0 Å². The molecule has 0 radical (unpaired) electrons. The van der Waals surface area contributed by atoms with E-state index >= 15 is 0 Å². The second-order valence-electron chi connectivity index (χ2n) is 14.2. The average Bonchev–Trinajstić information content (AvgIpc) is 3.05. The predicted octanol–water partition coefficient (Wildman–Crippen LogP) is 1.90. The minimum absolute atomic E-state index is 0.126. The zero-order chi connectivity index (χ0) is 36.6. The molecule has 2 saturated heterocycles. The summed E-state index contributed by atoms with van der Waals surface area (Å²) in [7, 11) is 5.14. The van der Waals surface area contributed by atoms with E-state index in [9.17, 15) is 30.0 Å². The lowest BCUT2D eigenvalue weighted by atomic mass is 9.84. The Labute approximate surface area is 290 Å². The normalized spacial score (nSPS) is 43.1. The molecule has 0 aromatic heterocycles. The van der Waals surface area contributed by atoms with Crippen LogP contribution in [0.4, 0.5) is 0 Å². The van der Waals surface area contributed by atoms with Gasteiger partial charge in [0.1, 0.15) is 36.1 Å². The summed E-state index contributed by atoms with van der Waals surface area (Å²) in [6.45, 7) is 10.5. The fourth-order valence-electron chi connectivity index (χ4n) is 6.84. The molecule has 0 amide bonds. The number of hydrogen-bond donors (Lipinski definition) is 4. The molecule has 2 fully saturated rings. The van der Waals surface area contributed by atoms with Crippen molar-refractivity contribution < 1.29 is 58.4 Å². The summed E-state index contributed by atoms with van der Waals surface area (Å²) in [5.74, 6) is -1.73. The van der Waals surface area contributed by atoms with Gasteiger partial charge in [-0.25, -0.2) is 4.79 Å². The third-order valence-corrected chi connectivity index (χ3v) is 9.87. The number of carbonyl (C=O) groups is 2. The van der Waals surface area contributed by atoms with Crippen molar-refractivity contribution in [2.75, 3.05) is 27.8 Å². The number of ketones is 1. The van der Waals surface area contributed by atoms with Crippen LogP contribution in [0.2, 0.25) is 0 Å². The SMILES string of the molecule is CCC1OC(=O)C=CC(C)C(OC2OC(C)CC(N(C)C)C2O)C(C)CC(C)C(=O)C=CC=CC1(O)COC1OC(C)C(O)C(O)C1OC. The van der Waals surface area contributed by atoms with E-state index in [4.69, 9.17) is 28.4 Å². The molecule has 13 nitrogen and oxygen atoms in total. The number of esters is 1. The Hall–Kier alpha value is -2.04. The summed E-state index contributed by atoms with van der Waals surface area (Å²) in [5, 5.41) is 43.8. The summed E-state index contributed by atoms with van der Waals surface area (Å²) < 4.78 is 35.3. The van der Waals surface area contributed by atoms with Gasteiger partial charge in [-0.1, -0.05) is 45.9 Å². The lowest BCUT2D eigenvalue weighted by molar-refractivity contribution is -0.306. The summed E-state index contributed by atoms with van der Waals surface area (Å²) in [6, 6.07) is -0.173. The number of hydrogen-bond acceptors (Lipinski definition) is 13. The number of allylic oxidation sites excluding steroid dienone is 3. The van der Waals surface area contributed by atoms with Crippen molar-refractivity contribution in [2.45, 2.75) is 134 Å². The number of aliphatic hydroxyl groups excluding tert-OH is 3. The first-order valence-corrected chi connectivity index (χ1v) is 17.3. The first-order valence-electron chi connectivity index (χ1n) is 17.3. The molecule has 4 N–H and O–H groups in total. The zero-order valence-electron chi connectivity index (χ0n) is 30.4. The van der Waals surface area contributed by atoms with Crippen LogP contribution in [0, 0.1) is 17.8 Å². The molecular weight excluding hydrogens is 638 g/mol. The molecule has 0 aromatic carbocycles. The van der Waals surface area contributed by atoms with Gasteiger partial charge in [0, 0.05) is 31.1 Å². The number of ether oxygens (including phenoxy) is 6. The number of carbonyl (C=O) groups excluding carboxylic acids is 2. The summed E-state index contributed by atoms with van der Waals surface area (Å²) >= 11 is 0. The third kappa shape index (κ3) is 10.7. The van der Waals surface area contributed by atoms with Crippen molar-refractivity contribution in [3.8, 4) is 0 Å². The Morgan fingerprint density at radius 3 is 2.24 bits per heavy atom. The van der Waals surface area contributed by atoms with E-state index < -0.39 is 73.5 Å². The fraction of sp³-hybridized carbons (Fsp3) is 0.778. The van der Waals surface area contributed by atoms with Crippen LogP contribution in [0.1, 0.15) is 60.8 Å². The van der Waals surface area contributed by atoms with Crippen molar-refractivity contribution in [3.63, 3.8) is 0 Å². The van der Waals surface area contributed by atoms with Crippen LogP contribution in [-0.4, -0.2) is 138 Å². The molecule has 0 aliphatic carbocycles. The Balaban J connectivity index is 1.89. The first kappa shape index (κ1) is 41.4. The van der Waals surface area contributed by atoms with Crippen LogP contribution in [0.15, 0.2) is 36.5 Å². The number of methoxy groups -OCH3 is 1. The zero-order valence-corrected chi connectivity index (χ0v) is 30.4. The standard InChI is InChI=1S/C36H59NO12/c1-10-27-36(43,19-45-35-33(44-9)31(42)29(40)24(6)47-35)16-12-11-13-26(38)21(3)17-22(4)32(20(2)14-15-28(39)48-27)49-34-30(41)25(37(7)8)18-23(5)46-34/h11-16,20-25,27,29-35,40-43H,10,17-19H2,1-9H3. The Morgan fingerprint density at radius 1 is 0.918 bits per heavy atom. The van der Waals surface area contributed by atoms with Crippen LogP contribution in [-0.2, 0) is 38.0 Å². The van der Waals surface area contributed by atoms with E-state index in [1.807, 2.05) is 46.7 Å². The molecule has 0 spiro atoms. The van der Waals surface area contributed by atoms with E-state index in [0.717, 1.165) is 0 Å². The van der Waals surface area contributed by atoms with Crippen LogP contribution in [0.3, 0.4) is 0 Å². The van der Waals surface area contributed by atoms with E-state index in [0.29, 0.717) is 12.8 Å². The van der Waals surface area contributed by atoms with Crippen molar-refractivity contribution in [2.24, 2.45) is 17.8 Å². The topological polar surface area (TPSA) is 174 Å². The van der Waals surface area contributed by atoms with Crippen molar-refractivity contribution in [1.82, 2.24) is 4.90 Å². The highest BCUT2D eigenvalue weighted by Crippen LogP contribution is 2.32. The monoisotopic (exact) mass is 697 g/mol. The van der Waals surface area contributed by atoms with Gasteiger partial charge in [-0.15, -0.1) is 0 Å². The molecule has 15 unspecified atom stereocenters. The smallest absolute Gasteiger partial charge is 0.330 e. The van der Waals surface area contributed by atoms with E-state index in [1.54, 1.807) is 19.9 Å². The molecule has 49 heavy (non-hydrogen) atoms. The second-order valence-corrected chi connectivity index (χ2v) is 14.2. The van der Waals surface area contributed by atoms with E-state index in [-0.39, 0.29) is 42.1 Å². The number of rotatable bonds is 8. The van der Waals surface area contributed by atoms with Crippen LogP contribution in [0.25, 0.3) is 0 Å². The predicted molar refractivity (Wildman–Crippen MR) is 180 cm³/mol. The van der Waals surface area contributed by atoms with Gasteiger partial charge in [0.15, 0.2) is 18.4 Å². The Bertz CT molecular complexity index is 1160. The highest BCUT2D eigenvalue weighted by molar-refractivity contribution is 5.91. The highest BCUT2D eigenvalue weighted by atomic mass is 16.7. The summed E-state index contributed by atoms with van der Waals surface area (Å²) in [5.41, 5.74) is -1.89. The molecule has 3 aliphatic heterocycles. The van der Waals surface area contributed by atoms with Gasteiger partial charge in [0.25, 0.3) is 0 Å². The Kier molecular flexibility index (Phi) is 15.6. The van der Waals surface area contributed by atoms with Gasteiger partial charge in [-0.3, -0.25) is 4.79 Å². The highest BCUT2D eigenvalue weighted by Gasteiger charge is 2.46. The largest absolute Gasteiger partial charge is 0.456 e. The minimum Gasteiger partial charge on any atom is -0.456 e. The third-order valence-electron chi connectivity index (χ3n) is 9.87. The molecule has 280 valence electrons. The molecular formula is C36H59NO12.